The van der Waals surface area contributed by atoms with Crippen LogP contribution in [0.4, 0.5) is 4.79 Å². The van der Waals surface area contributed by atoms with E-state index in [0.29, 0.717) is 12.5 Å². The van der Waals surface area contributed by atoms with E-state index < -0.39 is 6.09 Å². The van der Waals surface area contributed by atoms with Gasteiger partial charge in [0.05, 0.1) is 6.61 Å². The maximum Gasteiger partial charge on any atom is 0.407 e. The van der Waals surface area contributed by atoms with E-state index >= 15 is 0 Å². The van der Waals surface area contributed by atoms with Gasteiger partial charge in [-0.1, -0.05) is 27.7 Å². The molecule has 8 heteroatoms. The number of aliphatic hydroxyl groups is 1. The van der Waals surface area contributed by atoms with E-state index in [4.69, 9.17) is 19.7 Å². The van der Waals surface area contributed by atoms with Crippen molar-refractivity contribution in [1.29, 1.82) is 0 Å². The van der Waals surface area contributed by atoms with Gasteiger partial charge in [0.2, 0.25) is 5.91 Å². The van der Waals surface area contributed by atoms with Crippen molar-refractivity contribution in [2.75, 3.05) is 20.3 Å². The second kappa shape index (κ2) is 24.2. The van der Waals surface area contributed by atoms with Gasteiger partial charge in [-0.25, -0.2) is 4.79 Å². The van der Waals surface area contributed by atoms with Gasteiger partial charge in [0, 0.05) is 13.2 Å². The first-order valence-electron chi connectivity index (χ1n) is 7.06. The molecule has 134 valence electrons. The van der Waals surface area contributed by atoms with E-state index in [1.165, 1.54) is 0 Å². The van der Waals surface area contributed by atoms with Crippen LogP contribution in [0.5, 0.6) is 0 Å². The molecule has 0 atom stereocenters. The van der Waals surface area contributed by atoms with Crippen molar-refractivity contribution in [3.63, 3.8) is 0 Å². The molecular formula is C14H32N2O6. The van der Waals surface area contributed by atoms with Crippen LogP contribution in [0.25, 0.3) is 0 Å². The van der Waals surface area contributed by atoms with E-state index in [1.54, 1.807) is 0 Å². The Kier molecular flexibility index (Phi) is 31.2. The third-order valence-corrected chi connectivity index (χ3v) is 1.39. The highest BCUT2D eigenvalue weighted by molar-refractivity contribution is 5.82. The van der Waals surface area contributed by atoms with Gasteiger partial charge in [0.15, 0.2) is 0 Å². The van der Waals surface area contributed by atoms with E-state index in [0.717, 1.165) is 7.11 Å². The van der Waals surface area contributed by atoms with Crippen LogP contribution in [0, 0.1) is 5.92 Å². The second-order valence-electron chi connectivity index (χ2n) is 4.17. The molecule has 8 nitrogen and oxygen atoms in total. The Bertz CT molecular complexity index is 258. The van der Waals surface area contributed by atoms with Crippen LogP contribution in [0.2, 0.25) is 0 Å². The SMILES string of the molecule is CC.CC(C)COC(=O)NCC(=O)NC(C)C.CO.O=CO. The molecule has 0 fully saturated rings. The van der Waals surface area contributed by atoms with Gasteiger partial charge in [-0.3, -0.25) is 9.59 Å². The summed E-state index contributed by atoms with van der Waals surface area (Å²) in [6.07, 6.45) is -0.553. The zero-order valence-electron chi connectivity index (χ0n) is 14.7. The largest absolute Gasteiger partial charge is 0.483 e. The van der Waals surface area contributed by atoms with Crippen LogP contribution >= 0.6 is 0 Å². The van der Waals surface area contributed by atoms with E-state index in [2.05, 4.69) is 10.6 Å². The van der Waals surface area contributed by atoms with Crippen molar-refractivity contribution in [2.24, 2.45) is 5.92 Å². The Morgan fingerprint density at radius 1 is 1.14 bits per heavy atom. The predicted molar refractivity (Wildman–Crippen MR) is 85.7 cm³/mol. The maximum absolute atomic E-state index is 11.1. The Balaban J connectivity index is -0.000000198. The lowest BCUT2D eigenvalue weighted by Gasteiger charge is -2.10. The van der Waals surface area contributed by atoms with Crippen molar-refractivity contribution < 1.29 is 29.3 Å². The van der Waals surface area contributed by atoms with Gasteiger partial charge in [-0.2, -0.15) is 0 Å². The van der Waals surface area contributed by atoms with Crippen molar-refractivity contribution in [3.05, 3.63) is 0 Å². The first kappa shape index (κ1) is 28.3. The lowest BCUT2D eigenvalue weighted by Crippen LogP contribution is -2.40. The Hall–Kier alpha value is -1.83. The molecule has 0 bridgehead atoms. The Morgan fingerprint density at radius 2 is 1.55 bits per heavy atom. The molecule has 0 saturated heterocycles. The van der Waals surface area contributed by atoms with Gasteiger partial charge in [0.25, 0.3) is 6.47 Å². The van der Waals surface area contributed by atoms with Crippen LogP contribution in [-0.4, -0.2) is 55.0 Å². The first-order chi connectivity index (χ1) is 10.3. The number of carbonyl (C=O) groups excluding carboxylic acids is 2. The van der Waals surface area contributed by atoms with Crippen molar-refractivity contribution in [3.8, 4) is 0 Å². The molecule has 0 saturated carbocycles. The van der Waals surface area contributed by atoms with Gasteiger partial charge >= 0.3 is 6.09 Å². The molecule has 0 aromatic heterocycles. The molecule has 4 N–H and O–H groups in total. The van der Waals surface area contributed by atoms with Crippen LogP contribution in [0.15, 0.2) is 0 Å². The summed E-state index contributed by atoms with van der Waals surface area (Å²) in [6.45, 7) is 11.7. The van der Waals surface area contributed by atoms with Crippen LogP contribution in [-0.2, 0) is 14.3 Å². The lowest BCUT2D eigenvalue weighted by molar-refractivity contribution is -0.123. The highest BCUT2D eigenvalue weighted by Crippen LogP contribution is 1.92. The van der Waals surface area contributed by atoms with Crippen LogP contribution in [0.1, 0.15) is 41.5 Å². The second-order valence-corrected chi connectivity index (χ2v) is 4.17. The monoisotopic (exact) mass is 324 g/mol. The number of hydrogen-bond acceptors (Lipinski definition) is 5. The smallest absolute Gasteiger partial charge is 0.407 e. The van der Waals surface area contributed by atoms with E-state index in [-0.39, 0.29) is 25.0 Å². The molecule has 0 aromatic carbocycles. The highest BCUT2D eigenvalue weighted by Gasteiger charge is 2.07. The summed E-state index contributed by atoms with van der Waals surface area (Å²) in [4.78, 5) is 30.5. The van der Waals surface area contributed by atoms with Crippen LogP contribution in [0.3, 0.4) is 0 Å². The Labute approximate surface area is 133 Å². The molecule has 0 unspecified atom stereocenters. The number of alkyl carbamates (subject to hydrolysis) is 1. The predicted octanol–water partition coefficient (Wildman–Crippen LogP) is 1.23. The molecule has 2 amide bonds. The number of carbonyl (C=O) groups is 3. The molecule has 0 spiro atoms. The summed E-state index contributed by atoms with van der Waals surface area (Å²) in [7, 11) is 1.00. The van der Waals surface area contributed by atoms with Crippen molar-refractivity contribution in [2.45, 2.75) is 47.6 Å². The lowest BCUT2D eigenvalue weighted by atomic mass is 10.2. The van der Waals surface area contributed by atoms with Gasteiger partial charge in [-0.05, 0) is 19.8 Å². The number of nitrogens with one attached hydrogen (secondary N) is 2. The number of hydrogen-bond donors (Lipinski definition) is 4. The van der Waals surface area contributed by atoms with E-state index in [9.17, 15) is 9.59 Å². The number of rotatable bonds is 5. The summed E-state index contributed by atoms with van der Waals surface area (Å²) < 4.78 is 4.83. The quantitative estimate of drug-likeness (QED) is 0.564. The van der Waals surface area contributed by atoms with Crippen molar-refractivity contribution >= 4 is 18.5 Å². The van der Waals surface area contributed by atoms with Gasteiger partial charge < -0.3 is 25.6 Å². The molecule has 0 rings (SSSR count). The molecule has 0 aliphatic rings. The van der Waals surface area contributed by atoms with Gasteiger partial charge in [0.1, 0.15) is 6.54 Å². The highest BCUT2D eigenvalue weighted by atomic mass is 16.5. The Morgan fingerprint density at radius 3 is 1.86 bits per heavy atom. The fourth-order valence-electron chi connectivity index (χ4n) is 0.819. The number of ether oxygens (including phenoxy) is 1. The zero-order valence-corrected chi connectivity index (χ0v) is 14.7. The molecule has 0 aliphatic carbocycles. The molecule has 0 aromatic rings. The number of aliphatic hydroxyl groups excluding tert-OH is 1. The molecule has 0 aliphatic heterocycles. The first-order valence-corrected chi connectivity index (χ1v) is 7.06. The summed E-state index contributed by atoms with van der Waals surface area (Å²) in [5, 5.41) is 18.9. The topological polar surface area (TPSA) is 125 Å². The summed E-state index contributed by atoms with van der Waals surface area (Å²) in [5.74, 6) is 0.0757. The van der Waals surface area contributed by atoms with Crippen LogP contribution < -0.4 is 10.6 Å². The molecular weight excluding hydrogens is 292 g/mol. The molecule has 22 heavy (non-hydrogen) atoms. The zero-order chi connectivity index (χ0) is 18.6. The summed E-state index contributed by atoms with van der Waals surface area (Å²) >= 11 is 0. The minimum Gasteiger partial charge on any atom is -0.483 e. The molecule has 0 heterocycles. The summed E-state index contributed by atoms with van der Waals surface area (Å²) in [6, 6.07) is 0.0750. The summed E-state index contributed by atoms with van der Waals surface area (Å²) in [5.41, 5.74) is 0. The maximum atomic E-state index is 11.1. The fourth-order valence-corrected chi connectivity index (χ4v) is 0.819. The minimum atomic E-state index is -0.553. The van der Waals surface area contributed by atoms with Crippen molar-refractivity contribution in [1.82, 2.24) is 10.6 Å². The minimum absolute atomic E-state index is 0.0465. The number of amides is 2. The normalized spacial score (nSPS) is 8.09. The third-order valence-electron chi connectivity index (χ3n) is 1.39. The molecule has 0 radical (unpaired) electrons. The van der Waals surface area contributed by atoms with E-state index in [1.807, 2.05) is 41.5 Å². The standard InChI is InChI=1S/C10H20N2O3.C2H6.CH2O2.CH4O/c1-7(2)6-15-10(14)11-5-9(13)12-8(3)4;1-2;2-1-3;1-2/h7-8H,5-6H2,1-4H3,(H,11,14)(H,12,13);1-2H3;1H,(H,2,3);2H,1H3. The van der Waals surface area contributed by atoms with Gasteiger partial charge in [-0.15, -0.1) is 0 Å². The fraction of sp³-hybridized carbons (Fsp3) is 0.786. The average molecular weight is 324 g/mol. The number of carboxylic acid groups (broad SMARTS) is 1. The average Bonchev–Trinajstić information content (AvgIpc) is 2.47. The third kappa shape index (κ3) is 36.2.